The summed E-state index contributed by atoms with van der Waals surface area (Å²) in [6, 6.07) is 9.79. The number of nitrogens with one attached hydrogen (secondary N) is 2. The normalized spacial score (nSPS) is 14.0. The van der Waals surface area contributed by atoms with Gasteiger partial charge in [-0.15, -0.1) is 0 Å². The number of hydrogen-bond donors (Lipinski definition) is 2. The van der Waals surface area contributed by atoms with E-state index in [-0.39, 0.29) is 37.7 Å². The van der Waals surface area contributed by atoms with Crippen molar-refractivity contribution in [3.05, 3.63) is 82.0 Å². The van der Waals surface area contributed by atoms with Gasteiger partial charge in [-0.1, -0.05) is 24.3 Å². The Morgan fingerprint density at radius 1 is 1.02 bits per heavy atom. The predicted molar refractivity (Wildman–Crippen MR) is 134 cm³/mol. The number of rotatable bonds is 8. The molecule has 3 aromatic rings. The van der Waals surface area contributed by atoms with E-state index >= 15 is 0 Å². The first-order valence-corrected chi connectivity index (χ1v) is 12.0. The summed E-state index contributed by atoms with van der Waals surface area (Å²) in [5.41, 5.74) is -1.94. The van der Waals surface area contributed by atoms with Crippen molar-refractivity contribution in [3.63, 3.8) is 0 Å². The summed E-state index contributed by atoms with van der Waals surface area (Å²) in [5, 5.41) is 8.68. The van der Waals surface area contributed by atoms with Crippen molar-refractivity contribution in [1.82, 2.24) is 20.4 Å². The van der Waals surface area contributed by atoms with Gasteiger partial charge in [0.15, 0.2) is 5.69 Å². The second-order valence-corrected chi connectivity index (χ2v) is 9.09. The Morgan fingerprint density at radius 3 is 2.35 bits per heavy atom. The molecule has 1 aromatic heterocycles. The Bertz CT molecular complexity index is 1410. The lowest BCUT2D eigenvalue weighted by Gasteiger charge is -2.21. The molecule has 14 heteroatoms. The molecule has 0 saturated heterocycles. The van der Waals surface area contributed by atoms with Crippen LogP contribution in [0.4, 0.5) is 32.2 Å². The quantitative estimate of drug-likeness (QED) is 0.302. The van der Waals surface area contributed by atoms with Crippen molar-refractivity contribution >= 4 is 24.3 Å². The number of carbonyl (C=O) groups is 2. The third kappa shape index (κ3) is 6.10. The maximum Gasteiger partial charge on any atom is 0.436 e. The minimum atomic E-state index is -4.95. The Morgan fingerprint density at radius 2 is 1.73 bits per heavy atom. The lowest BCUT2D eigenvalue weighted by molar-refractivity contribution is -0.142. The molecule has 0 unspecified atom stereocenters. The Kier molecular flexibility index (Phi) is 7.89. The molecule has 4 rings (SSSR count). The number of fused-ring (bicyclic) bond motifs is 1. The summed E-state index contributed by atoms with van der Waals surface area (Å²) in [6.45, 7) is 4.86. The molecule has 2 amide bonds. The fourth-order valence-corrected chi connectivity index (χ4v) is 4.38. The van der Waals surface area contributed by atoms with E-state index in [9.17, 15) is 35.9 Å². The van der Waals surface area contributed by atoms with Crippen LogP contribution in [0.2, 0.25) is 0 Å². The highest BCUT2D eigenvalue weighted by atomic mass is 19.4. The lowest BCUT2D eigenvalue weighted by Crippen LogP contribution is -2.31. The van der Waals surface area contributed by atoms with Gasteiger partial charge in [0, 0.05) is 18.7 Å². The van der Waals surface area contributed by atoms with E-state index in [4.69, 9.17) is 0 Å². The van der Waals surface area contributed by atoms with Crippen LogP contribution in [0.1, 0.15) is 56.1 Å². The molecule has 8 nitrogen and oxygen atoms in total. The van der Waals surface area contributed by atoms with Gasteiger partial charge in [0.05, 0.1) is 18.2 Å². The zero-order chi connectivity index (χ0) is 29.2. The number of carbonyl (C=O) groups excluding carboxylic acids is 2. The zero-order valence-electron chi connectivity index (χ0n) is 21.1. The maximum absolute atomic E-state index is 13.9. The number of benzene rings is 2. The highest BCUT2D eigenvalue weighted by Gasteiger charge is 2.44. The summed E-state index contributed by atoms with van der Waals surface area (Å²) in [4.78, 5) is 30.3. The summed E-state index contributed by atoms with van der Waals surface area (Å²) in [5.74, 6) is -1.57. The smallest absolute Gasteiger partial charge is 0.350 e. The molecule has 0 radical (unpaired) electrons. The van der Waals surface area contributed by atoms with Gasteiger partial charge in [-0.2, -0.15) is 31.4 Å². The van der Waals surface area contributed by atoms with Crippen LogP contribution >= 0.6 is 0 Å². The summed E-state index contributed by atoms with van der Waals surface area (Å²) in [7, 11) is 0. The SMILES string of the molecule is C=NCNC(=O)c1ccc([C@H](C)NC(=O)c2c(C(F)(F)F)nn3c2N(Cc2cccc(C(F)(F)F)c2)CC3)cc1. The molecule has 2 N–H and O–H groups in total. The third-order valence-electron chi connectivity index (χ3n) is 6.30. The van der Waals surface area contributed by atoms with Crippen molar-refractivity contribution in [2.45, 2.75) is 38.4 Å². The van der Waals surface area contributed by atoms with Crippen molar-refractivity contribution < 1.29 is 35.9 Å². The number of halogens is 6. The second-order valence-electron chi connectivity index (χ2n) is 9.09. The van der Waals surface area contributed by atoms with Crippen molar-refractivity contribution in [2.75, 3.05) is 18.1 Å². The molecule has 0 aliphatic carbocycles. The summed E-state index contributed by atoms with van der Waals surface area (Å²) in [6.07, 6.45) is -9.54. The number of aliphatic imine (C=N–C) groups is 1. The number of nitrogens with zero attached hydrogens (tertiary/aromatic N) is 4. The van der Waals surface area contributed by atoms with Crippen LogP contribution in [0.5, 0.6) is 0 Å². The molecule has 40 heavy (non-hydrogen) atoms. The van der Waals surface area contributed by atoms with E-state index in [1.54, 1.807) is 19.1 Å². The first-order valence-electron chi connectivity index (χ1n) is 12.0. The van der Waals surface area contributed by atoms with Crippen LogP contribution in [-0.4, -0.2) is 41.5 Å². The van der Waals surface area contributed by atoms with Gasteiger partial charge in [0.2, 0.25) is 0 Å². The Hall–Kier alpha value is -4.36. The minimum absolute atomic E-state index is 0.0190. The lowest BCUT2D eigenvalue weighted by atomic mass is 10.0. The van der Waals surface area contributed by atoms with Crippen LogP contribution in [0, 0.1) is 0 Å². The molecule has 212 valence electrons. The first kappa shape index (κ1) is 28.6. The topological polar surface area (TPSA) is 91.6 Å². The number of alkyl halides is 6. The summed E-state index contributed by atoms with van der Waals surface area (Å²) >= 11 is 0. The fourth-order valence-electron chi connectivity index (χ4n) is 4.38. The molecular weight excluding hydrogens is 542 g/mol. The average molecular weight is 567 g/mol. The largest absolute Gasteiger partial charge is 0.436 e. The van der Waals surface area contributed by atoms with Crippen molar-refractivity contribution in [1.29, 1.82) is 0 Å². The molecular formula is C26H24F6N6O2. The molecule has 2 heterocycles. The van der Waals surface area contributed by atoms with Crippen LogP contribution in [0.25, 0.3) is 0 Å². The van der Waals surface area contributed by atoms with E-state index < -0.39 is 47.0 Å². The van der Waals surface area contributed by atoms with E-state index in [1.165, 1.54) is 29.2 Å². The van der Waals surface area contributed by atoms with Gasteiger partial charge in [-0.25, -0.2) is 4.68 Å². The zero-order valence-corrected chi connectivity index (χ0v) is 21.1. The Labute approximate surface area is 224 Å². The monoisotopic (exact) mass is 566 g/mol. The second kappa shape index (κ2) is 11.0. The highest BCUT2D eigenvalue weighted by molar-refractivity contribution is 6.01. The standard InChI is InChI=1S/C26H24F6N6O2/c1-15(17-6-8-18(9-7-17)22(39)34-14-33-2)35-23(40)20-21(26(30,31)32)36-38-11-10-37(24(20)38)13-16-4-3-5-19(12-16)25(27,28)29/h3-9,12,15H,2,10-11,13-14H2,1H3,(H,34,39)(H,35,40)/t15-/m0/s1. The molecule has 0 fully saturated rings. The molecule has 1 atom stereocenters. The minimum Gasteiger partial charge on any atom is -0.350 e. The first-order chi connectivity index (χ1) is 18.8. The van der Waals surface area contributed by atoms with Crippen molar-refractivity contribution in [3.8, 4) is 0 Å². The van der Waals surface area contributed by atoms with E-state index in [1.807, 2.05) is 0 Å². The van der Waals surface area contributed by atoms with Crippen molar-refractivity contribution in [2.24, 2.45) is 4.99 Å². The van der Waals surface area contributed by atoms with Gasteiger partial charge in [-0.05, 0) is 49.0 Å². The number of amides is 2. The number of aromatic nitrogens is 2. The molecule has 0 saturated carbocycles. The average Bonchev–Trinajstić information content (AvgIpc) is 3.47. The molecule has 0 bridgehead atoms. The molecule has 1 aliphatic heterocycles. The number of hydrogen-bond acceptors (Lipinski definition) is 5. The molecule has 2 aromatic carbocycles. The van der Waals surface area contributed by atoms with Gasteiger partial charge in [-0.3, -0.25) is 14.6 Å². The number of anilines is 1. The predicted octanol–water partition coefficient (Wildman–Crippen LogP) is 4.82. The van der Waals surface area contributed by atoms with E-state index in [2.05, 4.69) is 27.4 Å². The van der Waals surface area contributed by atoms with E-state index in [0.717, 1.165) is 16.8 Å². The van der Waals surface area contributed by atoms with Gasteiger partial charge < -0.3 is 15.5 Å². The maximum atomic E-state index is 13.9. The summed E-state index contributed by atoms with van der Waals surface area (Å²) < 4.78 is 82.3. The molecule has 1 aliphatic rings. The third-order valence-corrected chi connectivity index (χ3v) is 6.30. The van der Waals surface area contributed by atoms with Crippen LogP contribution < -0.4 is 15.5 Å². The van der Waals surface area contributed by atoms with Crippen LogP contribution in [-0.2, 0) is 25.4 Å². The van der Waals surface area contributed by atoms with Crippen LogP contribution in [0.15, 0.2) is 53.5 Å². The fraction of sp³-hybridized carbons (Fsp3) is 0.308. The van der Waals surface area contributed by atoms with E-state index in [0.29, 0.717) is 11.1 Å². The highest BCUT2D eigenvalue weighted by Crippen LogP contribution is 2.39. The molecule has 0 spiro atoms. The van der Waals surface area contributed by atoms with Gasteiger partial charge in [0.1, 0.15) is 18.1 Å². The van der Waals surface area contributed by atoms with Gasteiger partial charge >= 0.3 is 12.4 Å². The Balaban J connectivity index is 1.59. The van der Waals surface area contributed by atoms with Crippen LogP contribution in [0.3, 0.4) is 0 Å². The van der Waals surface area contributed by atoms with Gasteiger partial charge in [0.25, 0.3) is 11.8 Å².